The van der Waals surface area contributed by atoms with Gasteiger partial charge in [0.05, 0.1) is 0 Å². The number of nitrogens with zero attached hydrogens (tertiary/aromatic N) is 2. The second-order valence-electron chi connectivity index (χ2n) is 2.59. The summed E-state index contributed by atoms with van der Waals surface area (Å²) in [6.07, 6.45) is 3.93. The Bertz CT molecular complexity index is 236. The summed E-state index contributed by atoms with van der Waals surface area (Å²) in [6, 6.07) is 1.67. The van der Waals surface area contributed by atoms with Gasteiger partial charge in [-0.15, -0.1) is 0 Å². The second-order valence-corrected chi connectivity index (χ2v) is 2.59. The average molecular weight is 166 g/mol. The topological polar surface area (TPSA) is 63.8 Å². The van der Waals surface area contributed by atoms with Gasteiger partial charge in [0, 0.05) is 12.7 Å². The van der Waals surface area contributed by atoms with Gasteiger partial charge in [-0.1, -0.05) is 13.3 Å². The molecule has 0 unspecified atom stereocenters. The molecule has 0 saturated heterocycles. The molecular weight excluding hydrogens is 152 g/mol. The highest BCUT2D eigenvalue weighted by molar-refractivity contribution is 5.34. The Kier molecular flexibility index (Phi) is 3.32. The van der Waals surface area contributed by atoms with Gasteiger partial charge in [0.2, 0.25) is 5.95 Å². The fourth-order valence-corrected chi connectivity index (χ4v) is 0.835. The molecule has 1 aromatic heterocycles. The molecule has 0 atom stereocenters. The van der Waals surface area contributed by atoms with Crippen molar-refractivity contribution in [2.75, 3.05) is 17.6 Å². The normalized spacial score (nSPS) is 9.75. The van der Waals surface area contributed by atoms with Gasteiger partial charge in [0.1, 0.15) is 5.82 Å². The van der Waals surface area contributed by atoms with Crippen LogP contribution in [0, 0.1) is 0 Å². The van der Waals surface area contributed by atoms with E-state index in [9.17, 15) is 0 Å². The maximum atomic E-state index is 5.47. The van der Waals surface area contributed by atoms with E-state index in [1.165, 1.54) is 0 Å². The molecule has 66 valence electrons. The lowest BCUT2D eigenvalue weighted by atomic mass is 10.3. The minimum absolute atomic E-state index is 0.504. The summed E-state index contributed by atoms with van der Waals surface area (Å²) in [6.45, 7) is 3.04. The van der Waals surface area contributed by atoms with Crippen LogP contribution in [0.15, 0.2) is 12.3 Å². The summed E-state index contributed by atoms with van der Waals surface area (Å²) in [5, 5.41) is 3.08. The number of aromatic nitrogens is 2. The van der Waals surface area contributed by atoms with Gasteiger partial charge in [-0.2, -0.15) is 4.98 Å². The van der Waals surface area contributed by atoms with Gasteiger partial charge in [-0.3, -0.25) is 0 Å². The van der Waals surface area contributed by atoms with Crippen LogP contribution < -0.4 is 11.1 Å². The summed E-state index contributed by atoms with van der Waals surface area (Å²) < 4.78 is 0. The molecule has 0 aliphatic carbocycles. The molecule has 0 radical (unpaired) electrons. The fourth-order valence-electron chi connectivity index (χ4n) is 0.835. The molecule has 4 heteroatoms. The Balaban J connectivity index is 2.41. The minimum Gasteiger partial charge on any atom is -0.384 e. The van der Waals surface area contributed by atoms with E-state index in [4.69, 9.17) is 5.73 Å². The quantitative estimate of drug-likeness (QED) is 0.661. The molecule has 3 N–H and O–H groups in total. The van der Waals surface area contributed by atoms with Crippen LogP contribution in [-0.2, 0) is 0 Å². The molecule has 1 aromatic rings. The van der Waals surface area contributed by atoms with E-state index in [1.807, 2.05) is 0 Å². The maximum absolute atomic E-state index is 5.47. The van der Waals surface area contributed by atoms with Crippen LogP contribution in [0.1, 0.15) is 19.8 Å². The average Bonchev–Trinajstić information content (AvgIpc) is 2.05. The Labute approximate surface area is 72.2 Å². The van der Waals surface area contributed by atoms with E-state index in [2.05, 4.69) is 22.2 Å². The van der Waals surface area contributed by atoms with Crippen molar-refractivity contribution in [3.63, 3.8) is 0 Å². The van der Waals surface area contributed by atoms with Gasteiger partial charge in [-0.25, -0.2) is 4.98 Å². The first-order chi connectivity index (χ1) is 5.83. The third-order valence-electron chi connectivity index (χ3n) is 1.49. The van der Waals surface area contributed by atoms with Crippen LogP contribution in [0.4, 0.5) is 11.8 Å². The number of hydrogen-bond acceptors (Lipinski definition) is 4. The zero-order valence-electron chi connectivity index (χ0n) is 7.25. The lowest BCUT2D eigenvalue weighted by Gasteiger charge is -2.02. The second kappa shape index (κ2) is 4.54. The number of nitrogens with one attached hydrogen (secondary N) is 1. The predicted octanol–water partition coefficient (Wildman–Crippen LogP) is 1.27. The van der Waals surface area contributed by atoms with E-state index in [0.717, 1.165) is 19.4 Å². The number of nitrogens with two attached hydrogens (primary N) is 1. The number of nitrogen functional groups attached to an aromatic ring is 1. The Hall–Kier alpha value is -1.32. The van der Waals surface area contributed by atoms with Crippen LogP contribution in [-0.4, -0.2) is 16.5 Å². The SMILES string of the molecule is CCCCNc1nccc(N)n1. The first kappa shape index (κ1) is 8.77. The van der Waals surface area contributed by atoms with Gasteiger partial charge in [0.25, 0.3) is 0 Å². The van der Waals surface area contributed by atoms with Crippen LogP contribution >= 0.6 is 0 Å². The third-order valence-corrected chi connectivity index (χ3v) is 1.49. The van der Waals surface area contributed by atoms with Gasteiger partial charge in [-0.05, 0) is 12.5 Å². The van der Waals surface area contributed by atoms with E-state index in [-0.39, 0.29) is 0 Å². The summed E-state index contributed by atoms with van der Waals surface area (Å²) >= 11 is 0. The Morgan fingerprint density at radius 3 is 3.08 bits per heavy atom. The van der Waals surface area contributed by atoms with Crippen LogP contribution in [0.25, 0.3) is 0 Å². The van der Waals surface area contributed by atoms with Crippen molar-refractivity contribution >= 4 is 11.8 Å². The first-order valence-electron chi connectivity index (χ1n) is 4.15. The van der Waals surface area contributed by atoms with Crippen molar-refractivity contribution in [3.05, 3.63) is 12.3 Å². The van der Waals surface area contributed by atoms with E-state index in [0.29, 0.717) is 11.8 Å². The summed E-state index contributed by atoms with van der Waals surface area (Å²) in [5.74, 6) is 1.12. The number of anilines is 2. The molecule has 0 amide bonds. The third kappa shape index (κ3) is 2.74. The van der Waals surface area contributed by atoms with Crippen molar-refractivity contribution in [1.82, 2.24) is 9.97 Å². The first-order valence-corrected chi connectivity index (χ1v) is 4.15. The molecular formula is C8H14N4. The lowest BCUT2D eigenvalue weighted by Crippen LogP contribution is -2.05. The maximum Gasteiger partial charge on any atom is 0.224 e. The molecule has 0 aliphatic rings. The van der Waals surface area contributed by atoms with Crippen molar-refractivity contribution in [3.8, 4) is 0 Å². The summed E-state index contributed by atoms with van der Waals surface area (Å²) in [7, 11) is 0. The largest absolute Gasteiger partial charge is 0.384 e. The molecule has 4 nitrogen and oxygen atoms in total. The lowest BCUT2D eigenvalue weighted by molar-refractivity contribution is 0.826. The Morgan fingerprint density at radius 2 is 2.42 bits per heavy atom. The predicted molar refractivity (Wildman–Crippen MR) is 49.8 cm³/mol. The highest BCUT2D eigenvalue weighted by atomic mass is 15.1. The standard InChI is InChI=1S/C8H14N4/c1-2-3-5-10-8-11-6-4-7(9)12-8/h4,6H,2-3,5H2,1H3,(H3,9,10,11,12). The van der Waals surface area contributed by atoms with Crippen molar-refractivity contribution in [2.24, 2.45) is 0 Å². The van der Waals surface area contributed by atoms with Gasteiger partial charge < -0.3 is 11.1 Å². The molecule has 12 heavy (non-hydrogen) atoms. The monoisotopic (exact) mass is 166 g/mol. The number of rotatable bonds is 4. The van der Waals surface area contributed by atoms with Crippen LogP contribution in [0.3, 0.4) is 0 Å². The van der Waals surface area contributed by atoms with Gasteiger partial charge >= 0.3 is 0 Å². The molecule has 0 aliphatic heterocycles. The van der Waals surface area contributed by atoms with E-state index in [1.54, 1.807) is 12.3 Å². The highest BCUT2D eigenvalue weighted by Crippen LogP contribution is 2.00. The molecule has 0 fully saturated rings. The Morgan fingerprint density at radius 1 is 1.58 bits per heavy atom. The van der Waals surface area contributed by atoms with Crippen molar-refractivity contribution < 1.29 is 0 Å². The summed E-state index contributed by atoms with van der Waals surface area (Å²) in [4.78, 5) is 8.01. The molecule has 1 rings (SSSR count). The van der Waals surface area contributed by atoms with Crippen LogP contribution in [0.5, 0.6) is 0 Å². The number of hydrogen-bond donors (Lipinski definition) is 2. The number of unbranched alkanes of at least 4 members (excludes halogenated alkanes) is 1. The smallest absolute Gasteiger partial charge is 0.224 e. The van der Waals surface area contributed by atoms with E-state index >= 15 is 0 Å². The minimum atomic E-state index is 0.504. The summed E-state index contributed by atoms with van der Waals surface area (Å²) in [5.41, 5.74) is 5.47. The van der Waals surface area contributed by atoms with Crippen molar-refractivity contribution in [2.45, 2.75) is 19.8 Å². The molecule has 0 bridgehead atoms. The molecule has 0 spiro atoms. The highest BCUT2D eigenvalue weighted by Gasteiger charge is 1.93. The molecule has 0 saturated carbocycles. The zero-order chi connectivity index (χ0) is 8.81. The zero-order valence-corrected chi connectivity index (χ0v) is 7.25. The van der Waals surface area contributed by atoms with Crippen molar-refractivity contribution in [1.29, 1.82) is 0 Å². The van der Waals surface area contributed by atoms with Crippen LogP contribution in [0.2, 0.25) is 0 Å². The van der Waals surface area contributed by atoms with E-state index < -0.39 is 0 Å². The molecule has 0 aromatic carbocycles. The van der Waals surface area contributed by atoms with Gasteiger partial charge in [0.15, 0.2) is 0 Å². The fraction of sp³-hybridized carbons (Fsp3) is 0.500. The molecule has 1 heterocycles.